The maximum absolute atomic E-state index is 12.3. The van der Waals surface area contributed by atoms with Crippen LogP contribution in [0.4, 0.5) is 5.69 Å². The van der Waals surface area contributed by atoms with Crippen LogP contribution in [-0.2, 0) is 16.0 Å². The van der Waals surface area contributed by atoms with Gasteiger partial charge in [0.05, 0.1) is 11.3 Å². The first-order valence-electron chi connectivity index (χ1n) is 8.52. The normalized spacial score (nSPS) is 13.3. The molecule has 3 aromatic rings. The second kappa shape index (κ2) is 7.00. The van der Waals surface area contributed by atoms with Gasteiger partial charge in [0.2, 0.25) is 5.91 Å². The van der Waals surface area contributed by atoms with E-state index in [-0.39, 0.29) is 12.5 Å². The first-order chi connectivity index (χ1) is 13.0. The maximum Gasteiger partial charge on any atom is 0.299 e. The summed E-state index contributed by atoms with van der Waals surface area (Å²) in [5, 5.41) is 3.95. The number of halogens is 1. The molecule has 0 fully saturated rings. The van der Waals surface area contributed by atoms with E-state index in [9.17, 15) is 14.4 Å². The monoisotopic (exact) mass is 425 g/mol. The molecule has 0 atom stereocenters. The molecule has 1 aliphatic heterocycles. The second-order valence-electron chi connectivity index (χ2n) is 6.34. The summed E-state index contributed by atoms with van der Waals surface area (Å²) in [6.07, 6.45) is 2.61. The van der Waals surface area contributed by atoms with Gasteiger partial charge in [0, 0.05) is 28.1 Å². The molecule has 0 spiro atoms. The molecule has 27 heavy (non-hydrogen) atoms. The molecular formula is C20H16BrN3O3. The van der Waals surface area contributed by atoms with E-state index in [4.69, 9.17) is 0 Å². The van der Waals surface area contributed by atoms with Gasteiger partial charge < -0.3 is 10.3 Å². The first kappa shape index (κ1) is 17.5. The molecule has 0 aliphatic carbocycles. The quantitative estimate of drug-likeness (QED) is 0.616. The van der Waals surface area contributed by atoms with Crippen LogP contribution in [0.15, 0.2) is 53.1 Å². The zero-order valence-corrected chi connectivity index (χ0v) is 15.9. The van der Waals surface area contributed by atoms with Crippen molar-refractivity contribution in [1.29, 1.82) is 0 Å². The van der Waals surface area contributed by atoms with Crippen LogP contribution < -0.4 is 10.2 Å². The van der Waals surface area contributed by atoms with Gasteiger partial charge in [-0.25, -0.2) is 0 Å². The van der Waals surface area contributed by atoms with Gasteiger partial charge in [-0.3, -0.25) is 19.3 Å². The number of ketones is 1. The van der Waals surface area contributed by atoms with Crippen LogP contribution >= 0.6 is 15.9 Å². The molecular weight excluding hydrogens is 410 g/mol. The van der Waals surface area contributed by atoms with Crippen molar-refractivity contribution in [2.75, 3.05) is 18.0 Å². The van der Waals surface area contributed by atoms with E-state index in [1.807, 2.05) is 30.5 Å². The zero-order chi connectivity index (χ0) is 19.0. The van der Waals surface area contributed by atoms with Gasteiger partial charge in [0.25, 0.3) is 11.7 Å². The van der Waals surface area contributed by atoms with Crippen molar-refractivity contribution in [2.24, 2.45) is 0 Å². The molecule has 0 saturated carbocycles. The number of hydrogen-bond donors (Lipinski definition) is 2. The van der Waals surface area contributed by atoms with Crippen molar-refractivity contribution < 1.29 is 14.4 Å². The Morgan fingerprint density at radius 2 is 1.96 bits per heavy atom. The van der Waals surface area contributed by atoms with Gasteiger partial charge in [0.15, 0.2) is 0 Å². The SMILES string of the molecule is O=C(CN1C(=O)C(=O)c2cc(Br)ccc21)NCCc1c[nH]c2ccccc12. The average Bonchev–Trinajstić information content (AvgIpc) is 3.17. The number of carbonyl (C=O) groups is 3. The summed E-state index contributed by atoms with van der Waals surface area (Å²) in [7, 11) is 0. The van der Waals surface area contributed by atoms with Crippen LogP contribution in [0.3, 0.4) is 0 Å². The largest absolute Gasteiger partial charge is 0.361 e. The van der Waals surface area contributed by atoms with Crippen LogP contribution in [0.25, 0.3) is 10.9 Å². The van der Waals surface area contributed by atoms with Crippen LogP contribution in [0.2, 0.25) is 0 Å². The number of benzene rings is 2. The number of anilines is 1. The molecule has 2 aromatic carbocycles. The summed E-state index contributed by atoms with van der Waals surface area (Å²) < 4.78 is 0.715. The Balaban J connectivity index is 1.39. The molecule has 0 unspecified atom stereocenters. The van der Waals surface area contributed by atoms with Crippen molar-refractivity contribution in [3.05, 3.63) is 64.3 Å². The smallest absolute Gasteiger partial charge is 0.299 e. The molecule has 0 saturated heterocycles. The molecule has 2 N–H and O–H groups in total. The standard InChI is InChI=1S/C20H16BrN3O3/c21-13-5-6-17-15(9-13)19(26)20(27)24(17)11-18(25)22-8-7-12-10-23-16-4-2-1-3-14(12)16/h1-6,9-10,23H,7-8,11H2,(H,22,25). The first-order valence-corrected chi connectivity index (χ1v) is 9.31. The number of aromatic nitrogens is 1. The minimum Gasteiger partial charge on any atom is -0.361 e. The highest BCUT2D eigenvalue weighted by atomic mass is 79.9. The van der Waals surface area contributed by atoms with Gasteiger partial charge in [0.1, 0.15) is 6.54 Å². The van der Waals surface area contributed by atoms with Gasteiger partial charge in [-0.05, 0) is 36.2 Å². The van der Waals surface area contributed by atoms with E-state index in [1.165, 1.54) is 4.90 Å². The summed E-state index contributed by atoms with van der Waals surface area (Å²) in [6, 6.07) is 13.0. The lowest BCUT2D eigenvalue weighted by Crippen LogP contribution is -2.40. The lowest BCUT2D eigenvalue weighted by atomic mass is 10.1. The number of hydrogen-bond acceptors (Lipinski definition) is 3. The molecule has 0 radical (unpaired) electrons. The molecule has 1 aliphatic rings. The Kier molecular flexibility index (Phi) is 4.53. The van der Waals surface area contributed by atoms with Gasteiger partial charge in [-0.1, -0.05) is 34.1 Å². The second-order valence-corrected chi connectivity index (χ2v) is 7.26. The van der Waals surface area contributed by atoms with E-state index >= 15 is 0 Å². The molecule has 136 valence electrons. The highest BCUT2D eigenvalue weighted by molar-refractivity contribution is 9.10. The highest BCUT2D eigenvalue weighted by Crippen LogP contribution is 2.31. The third kappa shape index (κ3) is 3.26. The molecule has 4 rings (SSSR count). The summed E-state index contributed by atoms with van der Waals surface area (Å²) in [5.74, 6) is -1.56. The number of aromatic amines is 1. The topological polar surface area (TPSA) is 82.3 Å². The lowest BCUT2D eigenvalue weighted by molar-refractivity contribution is -0.122. The summed E-state index contributed by atoms with van der Waals surface area (Å²) in [4.78, 5) is 41.0. The summed E-state index contributed by atoms with van der Waals surface area (Å²) in [5.41, 5.74) is 2.97. The number of carbonyl (C=O) groups excluding carboxylic acids is 3. The summed E-state index contributed by atoms with van der Waals surface area (Å²) in [6.45, 7) is 0.275. The van der Waals surface area contributed by atoms with E-state index < -0.39 is 11.7 Å². The molecule has 6 nitrogen and oxygen atoms in total. The fourth-order valence-corrected chi connectivity index (χ4v) is 3.67. The molecule has 0 bridgehead atoms. The van der Waals surface area contributed by atoms with Crippen molar-refractivity contribution in [3.63, 3.8) is 0 Å². The molecule has 1 aromatic heterocycles. The Morgan fingerprint density at radius 3 is 2.81 bits per heavy atom. The van der Waals surface area contributed by atoms with Crippen molar-refractivity contribution in [3.8, 4) is 0 Å². The molecule has 2 heterocycles. The summed E-state index contributed by atoms with van der Waals surface area (Å²) >= 11 is 3.29. The number of H-pyrrole nitrogens is 1. The number of fused-ring (bicyclic) bond motifs is 2. The van der Waals surface area contributed by atoms with Crippen LogP contribution in [0, 0.1) is 0 Å². The fraction of sp³-hybridized carbons (Fsp3) is 0.150. The number of Topliss-reactive ketones (excluding diaryl/α,β-unsaturated/α-hetero) is 1. The highest BCUT2D eigenvalue weighted by Gasteiger charge is 2.36. The van der Waals surface area contributed by atoms with Crippen LogP contribution in [0.1, 0.15) is 15.9 Å². The van der Waals surface area contributed by atoms with E-state index in [2.05, 4.69) is 26.2 Å². The van der Waals surface area contributed by atoms with Gasteiger partial charge in [-0.2, -0.15) is 0 Å². The number of nitrogens with one attached hydrogen (secondary N) is 2. The van der Waals surface area contributed by atoms with Crippen molar-refractivity contribution in [1.82, 2.24) is 10.3 Å². The third-order valence-corrected chi connectivity index (χ3v) is 5.12. The molecule has 7 heteroatoms. The maximum atomic E-state index is 12.3. The molecule has 2 amide bonds. The number of para-hydroxylation sites is 1. The van der Waals surface area contributed by atoms with Crippen LogP contribution in [0.5, 0.6) is 0 Å². The van der Waals surface area contributed by atoms with Crippen molar-refractivity contribution >= 4 is 50.1 Å². The third-order valence-electron chi connectivity index (χ3n) is 4.63. The Labute approximate surface area is 163 Å². The minimum absolute atomic E-state index is 0.174. The van der Waals surface area contributed by atoms with E-state index in [0.717, 1.165) is 16.5 Å². The average molecular weight is 426 g/mol. The minimum atomic E-state index is -0.671. The number of nitrogens with zero attached hydrogens (tertiary/aromatic N) is 1. The Hall–Kier alpha value is -2.93. The van der Waals surface area contributed by atoms with E-state index in [0.29, 0.717) is 28.7 Å². The Morgan fingerprint density at radius 1 is 1.15 bits per heavy atom. The van der Waals surface area contributed by atoms with Gasteiger partial charge >= 0.3 is 0 Å². The zero-order valence-electron chi connectivity index (χ0n) is 14.3. The number of amides is 2. The fourth-order valence-electron chi connectivity index (χ4n) is 3.30. The van der Waals surface area contributed by atoms with Crippen molar-refractivity contribution in [2.45, 2.75) is 6.42 Å². The van der Waals surface area contributed by atoms with E-state index in [1.54, 1.807) is 18.2 Å². The predicted molar refractivity (Wildman–Crippen MR) is 106 cm³/mol. The van der Waals surface area contributed by atoms with Crippen LogP contribution in [-0.4, -0.2) is 35.7 Å². The van der Waals surface area contributed by atoms with Gasteiger partial charge in [-0.15, -0.1) is 0 Å². The lowest BCUT2D eigenvalue weighted by Gasteiger charge is -2.16. The Bertz CT molecular complexity index is 1070. The predicted octanol–water partition coefficient (Wildman–Crippen LogP) is 2.82. The number of rotatable bonds is 5.